The molecule has 0 aliphatic carbocycles. The number of methoxy groups -OCH3 is 1. The Morgan fingerprint density at radius 3 is 2.21 bits per heavy atom. The highest BCUT2D eigenvalue weighted by molar-refractivity contribution is 6.04. The molecule has 33 heavy (non-hydrogen) atoms. The minimum Gasteiger partial charge on any atom is -0.496 e. The van der Waals surface area contributed by atoms with Crippen LogP contribution in [0.1, 0.15) is 22.8 Å². The Morgan fingerprint density at radius 2 is 1.48 bits per heavy atom. The average molecular weight is 440 g/mol. The number of ether oxygens (including phenoxy) is 2. The number of nitrogens with one attached hydrogen (secondary N) is 2. The zero-order chi connectivity index (χ0) is 23.2. The second-order valence-corrected chi connectivity index (χ2v) is 7.51. The van der Waals surface area contributed by atoms with Gasteiger partial charge in [0, 0.05) is 34.8 Å². The van der Waals surface area contributed by atoms with Gasteiger partial charge in [-0.3, -0.25) is 9.59 Å². The summed E-state index contributed by atoms with van der Waals surface area (Å²) in [6.45, 7) is 1.70. The molecule has 0 bridgehead atoms. The van der Waals surface area contributed by atoms with Crippen LogP contribution in [0.2, 0.25) is 0 Å². The molecule has 166 valence electrons. The van der Waals surface area contributed by atoms with Crippen molar-refractivity contribution in [1.29, 1.82) is 0 Å². The van der Waals surface area contributed by atoms with Gasteiger partial charge in [-0.1, -0.05) is 36.4 Å². The van der Waals surface area contributed by atoms with Crippen molar-refractivity contribution in [2.45, 2.75) is 13.5 Å². The molecule has 6 nitrogen and oxygen atoms in total. The summed E-state index contributed by atoms with van der Waals surface area (Å²) < 4.78 is 11.6. The van der Waals surface area contributed by atoms with Crippen LogP contribution in [0.5, 0.6) is 11.5 Å². The van der Waals surface area contributed by atoms with E-state index >= 15 is 0 Å². The van der Waals surface area contributed by atoms with Gasteiger partial charge in [-0.15, -0.1) is 0 Å². The molecule has 6 heteroatoms. The number of anilines is 2. The zero-order valence-electron chi connectivity index (χ0n) is 18.4. The van der Waals surface area contributed by atoms with E-state index in [2.05, 4.69) is 10.6 Å². The van der Waals surface area contributed by atoms with Crippen LogP contribution >= 0.6 is 0 Å². The third kappa shape index (κ3) is 5.30. The molecule has 0 atom stereocenters. The van der Waals surface area contributed by atoms with Crippen molar-refractivity contribution >= 4 is 34.0 Å². The topological polar surface area (TPSA) is 76.7 Å². The van der Waals surface area contributed by atoms with Gasteiger partial charge in [0.05, 0.1) is 7.11 Å². The normalized spacial score (nSPS) is 10.5. The summed E-state index contributed by atoms with van der Waals surface area (Å²) in [7, 11) is 1.59. The van der Waals surface area contributed by atoms with E-state index < -0.39 is 0 Å². The van der Waals surface area contributed by atoms with Crippen LogP contribution in [-0.2, 0) is 11.4 Å². The van der Waals surface area contributed by atoms with Gasteiger partial charge in [-0.05, 0) is 53.9 Å². The number of carbonyl (C=O) groups is 2. The Balaban J connectivity index is 1.50. The fourth-order valence-corrected chi connectivity index (χ4v) is 3.55. The third-order valence-electron chi connectivity index (χ3n) is 5.14. The van der Waals surface area contributed by atoms with E-state index in [1.807, 2.05) is 42.5 Å². The number of amides is 2. The number of hydrogen-bond donors (Lipinski definition) is 2. The van der Waals surface area contributed by atoms with Gasteiger partial charge in [0.15, 0.2) is 0 Å². The predicted octanol–water partition coefficient (Wildman–Crippen LogP) is 5.64. The van der Waals surface area contributed by atoms with E-state index in [4.69, 9.17) is 9.47 Å². The zero-order valence-corrected chi connectivity index (χ0v) is 18.4. The highest BCUT2D eigenvalue weighted by Gasteiger charge is 2.12. The van der Waals surface area contributed by atoms with Gasteiger partial charge in [0.2, 0.25) is 5.91 Å². The first-order valence-corrected chi connectivity index (χ1v) is 10.5. The first-order valence-electron chi connectivity index (χ1n) is 10.5. The van der Waals surface area contributed by atoms with Crippen molar-refractivity contribution in [2.24, 2.45) is 0 Å². The largest absolute Gasteiger partial charge is 0.496 e. The molecule has 2 amide bonds. The standard InChI is InChI=1S/C27H24N2O4/c1-18(30)28-22-11-13-23(14-12-22)29-27(31)20-10-15-25(32-2)21(16-20)17-33-26-9-5-7-19-6-3-4-8-24(19)26/h3-16H,17H2,1-2H3,(H,28,30)(H,29,31). The minimum atomic E-state index is -0.253. The van der Waals surface area contributed by atoms with E-state index in [0.717, 1.165) is 22.1 Å². The summed E-state index contributed by atoms with van der Waals surface area (Å²) in [5, 5.41) is 7.68. The van der Waals surface area contributed by atoms with Crippen LogP contribution < -0.4 is 20.1 Å². The fourth-order valence-electron chi connectivity index (χ4n) is 3.55. The first-order chi connectivity index (χ1) is 16.0. The summed E-state index contributed by atoms with van der Waals surface area (Å²) in [6.07, 6.45) is 0. The molecule has 0 aliphatic heterocycles. The number of fused-ring (bicyclic) bond motifs is 1. The monoisotopic (exact) mass is 440 g/mol. The summed E-state index contributed by atoms with van der Waals surface area (Å²) in [5.74, 6) is 1.01. The molecule has 0 fully saturated rings. The molecule has 0 aromatic heterocycles. The van der Waals surface area contributed by atoms with Crippen LogP contribution in [-0.4, -0.2) is 18.9 Å². The van der Waals surface area contributed by atoms with E-state index in [-0.39, 0.29) is 18.4 Å². The summed E-state index contributed by atoms with van der Waals surface area (Å²) in [4.78, 5) is 24.0. The van der Waals surface area contributed by atoms with E-state index in [9.17, 15) is 9.59 Å². The van der Waals surface area contributed by atoms with Gasteiger partial charge in [-0.2, -0.15) is 0 Å². The van der Waals surface area contributed by atoms with Gasteiger partial charge < -0.3 is 20.1 Å². The molecule has 4 aromatic rings. The Labute approximate surface area is 192 Å². The molecule has 0 radical (unpaired) electrons. The second-order valence-electron chi connectivity index (χ2n) is 7.51. The van der Waals surface area contributed by atoms with E-state index in [1.54, 1.807) is 49.6 Å². The first kappa shape index (κ1) is 21.9. The Hall–Kier alpha value is -4.32. The van der Waals surface area contributed by atoms with Gasteiger partial charge in [0.25, 0.3) is 5.91 Å². The quantitative estimate of drug-likeness (QED) is 0.390. The summed E-state index contributed by atoms with van der Waals surface area (Å²) in [5.41, 5.74) is 2.54. The molecule has 4 rings (SSSR count). The van der Waals surface area contributed by atoms with Crippen LogP contribution in [0.3, 0.4) is 0 Å². The van der Waals surface area contributed by atoms with Crippen molar-refractivity contribution in [3.05, 3.63) is 96.1 Å². The van der Waals surface area contributed by atoms with Crippen molar-refractivity contribution in [3.63, 3.8) is 0 Å². The lowest BCUT2D eigenvalue weighted by Crippen LogP contribution is -2.13. The molecule has 2 N–H and O–H groups in total. The molecule has 4 aromatic carbocycles. The molecular weight excluding hydrogens is 416 g/mol. The maximum absolute atomic E-state index is 12.8. The molecule has 0 aliphatic rings. The Morgan fingerprint density at radius 1 is 0.788 bits per heavy atom. The molecule has 0 unspecified atom stereocenters. The van der Waals surface area contributed by atoms with Crippen molar-refractivity contribution in [2.75, 3.05) is 17.7 Å². The molecular formula is C27H24N2O4. The fraction of sp³-hybridized carbons (Fsp3) is 0.111. The van der Waals surface area contributed by atoms with Crippen LogP contribution in [0, 0.1) is 0 Å². The SMILES string of the molecule is COc1ccc(C(=O)Nc2ccc(NC(C)=O)cc2)cc1COc1cccc2ccccc12. The number of benzene rings is 4. The molecule has 0 spiro atoms. The van der Waals surface area contributed by atoms with Crippen LogP contribution in [0.4, 0.5) is 11.4 Å². The minimum absolute atomic E-state index is 0.150. The molecule has 0 heterocycles. The van der Waals surface area contributed by atoms with E-state index in [1.165, 1.54) is 6.92 Å². The molecule has 0 saturated carbocycles. The smallest absolute Gasteiger partial charge is 0.255 e. The maximum Gasteiger partial charge on any atom is 0.255 e. The lowest BCUT2D eigenvalue weighted by atomic mass is 10.1. The van der Waals surface area contributed by atoms with E-state index in [0.29, 0.717) is 22.7 Å². The average Bonchev–Trinajstić information content (AvgIpc) is 2.83. The Kier molecular flexibility index (Phi) is 6.55. The lowest BCUT2D eigenvalue weighted by molar-refractivity contribution is -0.114. The summed E-state index contributed by atoms with van der Waals surface area (Å²) >= 11 is 0. The van der Waals surface area contributed by atoms with Crippen molar-refractivity contribution < 1.29 is 19.1 Å². The third-order valence-corrected chi connectivity index (χ3v) is 5.14. The molecule has 0 saturated heterocycles. The second kappa shape index (κ2) is 9.87. The Bertz CT molecular complexity index is 1290. The van der Waals surface area contributed by atoms with Gasteiger partial charge >= 0.3 is 0 Å². The number of rotatable bonds is 7. The summed E-state index contributed by atoms with van der Waals surface area (Å²) in [6, 6.07) is 26.1. The highest BCUT2D eigenvalue weighted by Crippen LogP contribution is 2.28. The van der Waals surface area contributed by atoms with Gasteiger partial charge in [-0.25, -0.2) is 0 Å². The lowest BCUT2D eigenvalue weighted by Gasteiger charge is -2.14. The maximum atomic E-state index is 12.8. The number of hydrogen-bond acceptors (Lipinski definition) is 4. The predicted molar refractivity (Wildman–Crippen MR) is 130 cm³/mol. The van der Waals surface area contributed by atoms with Crippen LogP contribution in [0.25, 0.3) is 10.8 Å². The number of carbonyl (C=O) groups excluding carboxylic acids is 2. The van der Waals surface area contributed by atoms with Crippen LogP contribution in [0.15, 0.2) is 84.9 Å². The van der Waals surface area contributed by atoms with Crippen molar-refractivity contribution in [1.82, 2.24) is 0 Å². The highest BCUT2D eigenvalue weighted by atomic mass is 16.5. The van der Waals surface area contributed by atoms with Gasteiger partial charge in [0.1, 0.15) is 18.1 Å². The van der Waals surface area contributed by atoms with Crippen molar-refractivity contribution in [3.8, 4) is 11.5 Å².